The Bertz CT molecular complexity index is 788. The van der Waals surface area contributed by atoms with Gasteiger partial charge in [-0.2, -0.15) is 0 Å². The summed E-state index contributed by atoms with van der Waals surface area (Å²) in [5.41, 5.74) is 1.41. The number of nitrogens with one attached hydrogen (secondary N) is 2. The van der Waals surface area contributed by atoms with E-state index in [1.165, 1.54) is 6.07 Å². The number of anilines is 2. The zero-order valence-electron chi connectivity index (χ0n) is 13.0. The first-order valence-corrected chi connectivity index (χ1v) is 9.63. The maximum atomic E-state index is 12.4. The molecule has 0 saturated carbocycles. The SMILES string of the molecule is O=S(=O)(Nc1ccc(NCC2CCCO2)cc1)c1ccccc1Cl. The van der Waals surface area contributed by atoms with Gasteiger partial charge in [-0.3, -0.25) is 4.72 Å². The van der Waals surface area contributed by atoms with Gasteiger partial charge in [0.05, 0.1) is 11.1 Å². The molecule has 0 radical (unpaired) electrons. The third-order valence-corrected chi connectivity index (χ3v) is 5.70. The van der Waals surface area contributed by atoms with Crippen LogP contribution in [0.1, 0.15) is 12.8 Å². The largest absolute Gasteiger partial charge is 0.382 e. The number of sulfonamides is 1. The highest BCUT2D eigenvalue weighted by molar-refractivity contribution is 7.92. The zero-order chi connectivity index (χ0) is 17.0. The van der Waals surface area contributed by atoms with E-state index in [9.17, 15) is 8.42 Å². The monoisotopic (exact) mass is 366 g/mol. The number of rotatable bonds is 6. The Morgan fingerprint density at radius 3 is 2.46 bits per heavy atom. The van der Waals surface area contributed by atoms with Crippen LogP contribution in [0.4, 0.5) is 11.4 Å². The second kappa shape index (κ2) is 7.42. The van der Waals surface area contributed by atoms with Crippen molar-refractivity contribution < 1.29 is 13.2 Å². The van der Waals surface area contributed by atoms with Crippen LogP contribution in [0.15, 0.2) is 53.4 Å². The first-order chi connectivity index (χ1) is 11.5. The number of benzene rings is 2. The predicted octanol–water partition coefficient (Wildman–Crippen LogP) is 3.73. The summed E-state index contributed by atoms with van der Waals surface area (Å²) in [5, 5.41) is 3.49. The topological polar surface area (TPSA) is 67.4 Å². The molecule has 1 aliphatic heterocycles. The van der Waals surface area contributed by atoms with E-state index in [0.717, 1.165) is 31.7 Å². The van der Waals surface area contributed by atoms with Crippen molar-refractivity contribution in [3.05, 3.63) is 53.6 Å². The summed E-state index contributed by atoms with van der Waals surface area (Å²) >= 11 is 5.96. The molecular weight excluding hydrogens is 348 g/mol. The minimum absolute atomic E-state index is 0.0623. The quantitative estimate of drug-likeness (QED) is 0.817. The number of hydrogen-bond donors (Lipinski definition) is 2. The molecule has 1 aliphatic rings. The molecule has 0 amide bonds. The Balaban J connectivity index is 1.64. The molecule has 1 saturated heterocycles. The van der Waals surface area contributed by atoms with Gasteiger partial charge < -0.3 is 10.1 Å². The molecular formula is C17H19ClN2O3S. The van der Waals surface area contributed by atoms with Crippen molar-refractivity contribution in [2.24, 2.45) is 0 Å². The van der Waals surface area contributed by atoms with E-state index in [2.05, 4.69) is 10.0 Å². The fraction of sp³-hybridized carbons (Fsp3) is 0.294. The molecule has 0 bridgehead atoms. The standard InChI is InChI=1S/C17H19ClN2O3S/c18-16-5-1-2-6-17(16)24(21,22)20-14-9-7-13(8-10-14)19-12-15-4-3-11-23-15/h1-2,5-10,15,19-20H,3-4,11-12H2. The van der Waals surface area contributed by atoms with Crippen LogP contribution in [0.3, 0.4) is 0 Å². The Morgan fingerprint density at radius 2 is 1.79 bits per heavy atom. The summed E-state index contributed by atoms with van der Waals surface area (Å²) in [6.45, 7) is 1.58. The van der Waals surface area contributed by atoms with Gasteiger partial charge in [0.15, 0.2) is 0 Å². The lowest BCUT2D eigenvalue weighted by Gasteiger charge is -2.13. The lowest BCUT2D eigenvalue weighted by molar-refractivity contribution is 0.120. The van der Waals surface area contributed by atoms with Crippen molar-refractivity contribution in [1.29, 1.82) is 0 Å². The fourth-order valence-electron chi connectivity index (χ4n) is 2.57. The Morgan fingerprint density at radius 1 is 1.08 bits per heavy atom. The van der Waals surface area contributed by atoms with E-state index in [1.807, 2.05) is 12.1 Å². The molecule has 1 heterocycles. The molecule has 1 unspecified atom stereocenters. The van der Waals surface area contributed by atoms with Crippen LogP contribution in [0.5, 0.6) is 0 Å². The van der Waals surface area contributed by atoms with Gasteiger partial charge in [-0.05, 0) is 49.2 Å². The molecule has 2 aromatic carbocycles. The summed E-state index contributed by atoms with van der Waals surface area (Å²) in [4.78, 5) is 0.0623. The lowest BCUT2D eigenvalue weighted by Crippen LogP contribution is -2.18. The van der Waals surface area contributed by atoms with Gasteiger partial charge in [-0.1, -0.05) is 23.7 Å². The Labute approximate surface area is 147 Å². The predicted molar refractivity (Wildman–Crippen MR) is 96.2 cm³/mol. The van der Waals surface area contributed by atoms with E-state index < -0.39 is 10.0 Å². The maximum Gasteiger partial charge on any atom is 0.263 e. The molecule has 0 spiro atoms. The third-order valence-electron chi connectivity index (χ3n) is 3.82. The second-order valence-electron chi connectivity index (χ2n) is 5.63. The zero-order valence-corrected chi connectivity index (χ0v) is 14.6. The van der Waals surface area contributed by atoms with Crippen LogP contribution in [0, 0.1) is 0 Å². The maximum absolute atomic E-state index is 12.4. The van der Waals surface area contributed by atoms with Crippen molar-refractivity contribution in [2.45, 2.75) is 23.8 Å². The van der Waals surface area contributed by atoms with E-state index in [1.54, 1.807) is 30.3 Å². The average molecular weight is 367 g/mol. The smallest absolute Gasteiger partial charge is 0.263 e. The summed E-state index contributed by atoms with van der Waals surface area (Å²) < 4.78 is 32.9. The van der Waals surface area contributed by atoms with E-state index >= 15 is 0 Å². The molecule has 128 valence electrons. The Kier molecular flexibility index (Phi) is 5.28. The number of ether oxygens (including phenoxy) is 1. The normalized spacial score (nSPS) is 17.6. The Hall–Kier alpha value is -1.76. The molecule has 2 N–H and O–H groups in total. The van der Waals surface area contributed by atoms with Gasteiger partial charge in [0.1, 0.15) is 4.90 Å². The van der Waals surface area contributed by atoms with Crippen molar-refractivity contribution in [2.75, 3.05) is 23.2 Å². The highest BCUT2D eigenvalue weighted by Gasteiger charge is 2.17. The molecule has 1 fully saturated rings. The van der Waals surface area contributed by atoms with Crippen molar-refractivity contribution in [1.82, 2.24) is 0 Å². The molecule has 24 heavy (non-hydrogen) atoms. The second-order valence-corrected chi connectivity index (χ2v) is 7.69. The summed E-state index contributed by atoms with van der Waals surface area (Å²) in [5.74, 6) is 0. The van der Waals surface area contributed by atoms with Crippen LogP contribution in [-0.2, 0) is 14.8 Å². The van der Waals surface area contributed by atoms with Crippen LogP contribution in [-0.4, -0.2) is 27.7 Å². The third kappa shape index (κ3) is 4.20. The van der Waals surface area contributed by atoms with E-state index in [0.29, 0.717) is 5.69 Å². The minimum Gasteiger partial charge on any atom is -0.382 e. The van der Waals surface area contributed by atoms with Gasteiger partial charge in [0, 0.05) is 24.5 Å². The van der Waals surface area contributed by atoms with Crippen molar-refractivity contribution in [3.8, 4) is 0 Å². The first kappa shape index (κ1) is 17.1. The lowest BCUT2D eigenvalue weighted by atomic mass is 10.2. The van der Waals surface area contributed by atoms with Gasteiger partial charge in [-0.15, -0.1) is 0 Å². The van der Waals surface area contributed by atoms with Crippen LogP contribution < -0.4 is 10.0 Å². The number of hydrogen-bond acceptors (Lipinski definition) is 4. The van der Waals surface area contributed by atoms with E-state index in [-0.39, 0.29) is 16.0 Å². The molecule has 3 rings (SSSR count). The van der Waals surface area contributed by atoms with Gasteiger partial charge in [-0.25, -0.2) is 8.42 Å². The molecule has 2 aromatic rings. The summed E-state index contributed by atoms with van der Waals surface area (Å²) in [6.07, 6.45) is 2.43. The average Bonchev–Trinajstić information content (AvgIpc) is 3.07. The van der Waals surface area contributed by atoms with Crippen molar-refractivity contribution >= 4 is 33.0 Å². The summed E-state index contributed by atoms with van der Waals surface area (Å²) in [7, 11) is -3.70. The van der Waals surface area contributed by atoms with Crippen LogP contribution >= 0.6 is 11.6 Å². The molecule has 5 nitrogen and oxygen atoms in total. The van der Waals surface area contributed by atoms with Gasteiger partial charge in [0.25, 0.3) is 10.0 Å². The van der Waals surface area contributed by atoms with Crippen LogP contribution in [0.2, 0.25) is 5.02 Å². The van der Waals surface area contributed by atoms with Gasteiger partial charge >= 0.3 is 0 Å². The molecule has 0 aromatic heterocycles. The van der Waals surface area contributed by atoms with Crippen LogP contribution in [0.25, 0.3) is 0 Å². The van der Waals surface area contributed by atoms with E-state index in [4.69, 9.17) is 16.3 Å². The molecule has 7 heteroatoms. The van der Waals surface area contributed by atoms with Gasteiger partial charge in [0.2, 0.25) is 0 Å². The fourth-order valence-corrected chi connectivity index (χ4v) is 4.15. The van der Waals surface area contributed by atoms with Crippen molar-refractivity contribution in [3.63, 3.8) is 0 Å². The molecule has 1 atom stereocenters. The first-order valence-electron chi connectivity index (χ1n) is 7.77. The minimum atomic E-state index is -3.70. The molecule has 0 aliphatic carbocycles. The highest BCUT2D eigenvalue weighted by Crippen LogP contribution is 2.24. The summed E-state index contributed by atoms with van der Waals surface area (Å²) in [6, 6.07) is 13.4. The number of halogens is 1. The highest BCUT2D eigenvalue weighted by atomic mass is 35.5.